The van der Waals surface area contributed by atoms with E-state index < -0.39 is 11.9 Å². The zero-order chi connectivity index (χ0) is 23.4. The number of nitrogens with zero attached hydrogens (tertiary/aromatic N) is 2. The van der Waals surface area contributed by atoms with Gasteiger partial charge in [-0.15, -0.1) is 0 Å². The van der Waals surface area contributed by atoms with Gasteiger partial charge in [0, 0.05) is 11.1 Å². The first kappa shape index (κ1) is 23.6. The Morgan fingerprint density at radius 3 is 2.66 bits per heavy atom. The second-order valence-corrected chi connectivity index (χ2v) is 8.72. The van der Waals surface area contributed by atoms with Crippen LogP contribution in [0.15, 0.2) is 46.3 Å². The average molecular weight is 475 g/mol. The standard InChI is InChI=1S/C22H23ClN4O4S/c1-12(2)24-21(30)26-19(28)11-32-22-25-16-10-14(23)6-7-15(16)20(29)27(22)17-9-13(3)5-8-18(17)31-4/h5-10,12H,11H2,1-4H3,(H2,24,26,28,30). The number of amides is 3. The van der Waals surface area contributed by atoms with Gasteiger partial charge in [-0.1, -0.05) is 29.4 Å². The Hall–Kier alpha value is -3.04. The fraction of sp³-hybridized carbons (Fsp3) is 0.273. The number of benzene rings is 2. The minimum Gasteiger partial charge on any atom is -0.495 e. The van der Waals surface area contributed by atoms with Gasteiger partial charge in [0.25, 0.3) is 5.56 Å². The number of thioether (sulfide) groups is 1. The fourth-order valence-electron chi connectivity index (χ4n) is 3.01. The molecular formula is C22H23ClN4O4S. The summed E-state index contributed by atoms with van der Waals surface area (Å²) in [6.07, 6.45) is 0. The minimum atomic E-state index is -0.582. The van der Waals surface area contributed by atoms with Crippen molar-refractivity contribution < 1.29 is 14.3 Å². The fourth-order valence-corrected chi connectivity index (χ4v) is 3.99. The lowest BCUT2D eigenvalue weighted by Crippen LogP contribution is -2.43. The molecule has 0 spiro atoms. The van der Waals surface area contributed by atoms with Gasteiger partial charge in [0.05, 0.1) is 29.5 Å². The highest BCUT2D eigenvalue weighted by Crippen LogP contribution is 2.28. The predicted octanol–water partition coefficient (Wildman–Crippen LogP) is 3.68. The third-order valence-electron chi connectivity index (χ3n) is 4.38. The molecule has 168 valence electrons. The van der Waals surface area contributed by atoms with Crippen molar-refractivity contribution in [2.75, 3.05) is 12.9 Å². The highest BCUT2D eigenvalue weighted by Gasteiger charge is 2.19. The van der Waals surface area contributed by atoms with Crippen LogP contribution in [0.25, 0.3) is 16.6 Å². The molecule has 2 aromatic carbocycles. The predicted molar refractivity (Wildman–Crippen MR) is 126 cm³/mol. The van der Waals surface area contributed by atoms with Crippen molar-refractivity contribution in [2.45, 2.75) is 32.0 Å². The summed E-state index contributed by atoms with van der Waals surface area (Å²) in [6.45, 7) is 5.48. The van der Waals surface area contributed by atoms with Gasteiger partial charge in [-0.3, -0.25) is 19.5 Å². The summed E-state index contributed by atoms with van der Waals surface area (Å²) in [5, 5.41) is 5.94. The van der Waals surface area contributed by atoms with Crippen LogP contribution in [0, 0.1) is 6.92 Å². The zero-order valence-electron chi connectivity index (χ0n) is 18.1. The number of rotatable bonds is 6. The Morgan fingerprint density at radius 1 is 1.22 bits per heavy atom. The van der Waals surface area contributed by atoms with E-state index in [0.717, 1.165) is 17.3 Å². The summed E-state index contributed by atoms with van der Waals surface area (Å²) in [7, 11) is 1.51. The van der Waals surface area contributed by atoms with Gasteiger partial charge in [0.15, 0.2) is 5.16 Å². The molecule has 3 rings (SSSR count). The van der Waals surface area contributed by atoms with E-state index in [-0.39, 0.29) is 22.5 Å². The molecule has 0 unspecified atom stereocenters. The maximum absolute atomic E-state index is 13.4. The molecule has 8 nitrogen and oxygen atoms in total. The maximum atomic E-state index is 13.4. The van der Waals surface area contributed by atoms with Gasteiger partial charge >= 0.3 is 6.03 Å². The molecule has 32 heavy (non-hydrogen) atoms. The van der Waals surface area contributed by atoms with E-state index >= 15 is 0 Å². The van der Waals surface area contributed by atoms with E-state index in [9.17, 15) is 14.4 Å². The molecule has 0 radical (unpaired) electrons. The highest BCUT2D eigenvalue weighted by atomic mass is 35.5. The SMILES string of the molecule is COc1ccc(C)cc1-n1c(SCC(=O)NC(=O)NC(C)C)nc2cc(Cl)ccc2c1=O. The van der Waals surface area contributed by atoms with Crippen LogP contribution in [-0.2, 0) is 4.79 Å². The van der Waals surface area contributed by atoms with Crippen LogP contribution in [-0.4, -0.2) is 40.4 Å². The van der Waals surface area contributed by atoms with E-state index in [1.165, 1.54) is 11.7 Å². The molecule has 0 saturated carbocycles. The molecule has 1 heterocycles. The minimum absolute atomic E-state index is 0.110. The lowest BCUT2D eigenvalue weighted by atomic mass is 10.2. The molecular weight excluding hydrogens is 452 g/mol. The van der Waals surface area contributed by atoms with Gasteiger partial charge in [0.2, 0.25) is 5.91 Å². The van der Waals surface area contributed by atoms with Crippen LogP contribution in [0.3, 0.4) is 0 Å². The van der Waals surface area contributed by atoms with Crippen molar-refractivity contribution in [1.82, 2.24) is 20.2 Å². The number of imide groups is 1. The van der Waals surface area contributed by atoms with Crippen molar-refractivity contribution in [3.63, 3.8) is 0 Å². The van der Waals surface area contributed by atoms with Crippen molar-refractivity contribution in [2.24, 2.45) is 0 Å². The third-order valence-corrected chi connectivity index (χ3v) is 5.55. The molecule has 1 aromatic heterocycles. The number of urea groups is 1. The Labute approximate surface area is 194 Å². The number of aromatic nitrogens is 2. The molecule has 0 aliphatic rings. The number of carbonyl (C=O) groups is 2. The van der Waals surface area contributed by atoms with E-state index in [1.807, 2.05) is 19.1 Å². The number of nitrogens with one attached hydrogen (secondary N) is 2. The number of ether oxygens (including phenoxy) is 1. The van der Waals surface area contributed by atoms with Crippen LogP contribution in [0.1, 0.15) is 19.4 Å². The van der Waals surface area contributed by atoms with Gasteiger partial charge in [-0.05, 0) is 56.7 Å². The average Bonchev–Trinajstić information content (AvgIpc) is 2.71. The molecule has 0 fully saturated rings. The Balaban J connectivity index is 2.05. The Morgan fingerprint density at radius 2 is 1.97 bits per heavy atom. The molecule has 3 amide bonds. The number of fused-ring (bicyclic) bond motifs is 1. The smallest absolute Gasteiger partial charge is 0.321 e. The summed E-state index contributed by atoms with van der Waals surface area (Å²) in [4.78, 5) is 42.1. The number of methoxy groups -OCH3 is 1. The molecule has 0 aliphatic heterocycles. The summed E-state index contributed by atoms with van der Waals surface area (Å²) >= 11 is 7.12. The molecule has 2 N–H and O–H groups in total. The second kappa shape index (κ2) is 10.1. The Kier molecular flexibility index (Phi) is 7.42. The van der Waals surface area contributed by atoms with Crippen LogP contribution in [0.4, 0.5) is 4.79 Å². The quantitative estimate of drug-likeness (QED) is 0.417. The van der Waals surface area contributed by atoms with Crippen molar-refractivity contribution in [1.29, 1.82) is 0 Å². The number of halogens is 1. The molecule has 0 bridgehead atoms. The molecule has 0 aliphatic carbocycles. The summed E-state index contributed by atoms with van der Waals surface area (Å²) in [5.74, 6) is -0.162. The zero-order valence-corrected chi connectivity index (χ0v) is 19.6. The number of hydrogen-bond acceptors (Lipinski definition) is 6. The largest absolute Gasteiger partial charge is 0.495 e. The monoisotopic (exact) mass is 474 g/mol. The maximum Gasteiger partial charge on any atom is 0.321 e. The lowest BCUT2D eigenvalue weighted by molar-refractivity contribution is -0.117. The first-order valence-corrected chi connectivity index (χ1v) is 11.2. The van der Waals surface area contributed by atoms with Crippen molar-refractivity contribution >= 4 is 46.2 Å². The van der Waals surface area contributed by atoms with Gasteiger partial charge in [0.1, 0.15) is 5.75 Å². The third kappa shape index (κ3) is 5.41. The van der Waals surface area contributed by atoms with Crippen LogP contribution < -0.4 is 20.9 Å². The molecule has 3 aromatic rings. The highest BCUT2D eigenvalue weighted by molar-refractivity contribution is 7.99. The first-order valence-electron chi connectivity index (χ1n) is 9.80. The van der Waals surface area contributed by atoms with Gasteiger partial charge < -0.3 is 10.1 Å². The lowest BCUT2D eigenvalue weighted by Gasteiger charge is -2.16. The van der Waals surface area contributed by atoms with E-state index in [4.69, 9.17) is 16.3 Å². The van der Waals surface area contributed by atoms with Crippen LogP contribution in [0.2, 0.25) is 5.02 Å². The van der Waals surface area contributed by atoms with E-state index in [1.54, 1.807) is 38.1 Å². The molecule has 10 heteroatoms. The summed E-state index contributed by atoms with van der Waals surface area (Å²) < 4.78 is 6.87. The Bertz CT molecular complexity index is 1240. The number of hydrogen-bond donors (Lipinski definition) is 2. The van der Waals surface area contributed by atoms with Crippen LogP contribution in [0.5, 0.6) is 5.75 Å². The normalized spacial score (nSPS) is 10.9. The van der Waals surface area contributed by atoms with Gasteiger partial charge in [-0.2, -0.15) is 0 Å². The van der Waals surface area contributed by atoms with Crippen LogP contribution >= 0.6 is 23.4 Å². The first-order chi connectivity index (χ1) is 15.2. The topological polar surface area (TPSA) is 102 Å². The van der Waals surface area contributed by atoms with E-state index in [0.29, 0.717) is 27.4 Å². The molecule has 0 atom stereocenters. The summed E-state index contributed by atoms with van der Waals surface area (Å²) in [5.41, 5.74) is 1.51. The van der Waals surface area contributed by atoms with Gasteiger partial charge in [-0.25, -0.2) is 9.78 Å². The van der Waals surface area contributed by atoms with Crippen molar-refractivity contribution in [3.05, 3.63) is 57.3 Å². The second-order valence-electron chi connectivity index (χ2n) is 7.34. The number of aryl methyl sites for hydroxylation is 1. The summed E-state index contributed by atoms with van der Waals surface area (Å²) in [6, 6.07) is 9.58. The number of carbonyl (C=O) groups excluding carboxylic acids is 2. The molecule has 0 saturated heterocycles. The van der Waals surface area contributed by atoms with Crippen molar-refractivity contribution in [3.8, 4) is 11.4 Å². The van der Waals surface area contributed by atoms with E-state index in [2.05, 4.69) is 15.6 Å².